The Kier molecular flexibility index (Phi) is 6.36. The van der Waals surface area contributed by atoms with Crippen LogP contribution in [0.2, 0.25) is 0 Å². The smallest absolute Gasteiger partial charge is 0.422 e. The van der Waals surface area contributed by atoms with E-state index >= 15 is 0 Å². The Hall–Kier alpha value is -1.02. The minimum absolute atomic E-state index is 0.322. The molecule has 0 unspecified atom stereocenters. The van der Waals surface area contributed by atoms with Gasteiger partial charge in [0.1, 0.15) is 0 Å². The zero-order chi connectivity index (χ0) is 14.3. The number of carbonyl (C=O) groups excluding carboxylic acids is 1. The van der Waals surface area contributed by atoms with E-state index in [1.54, 1.807) is 0 Å². The summed E-state index contributed by atoms with van der Waals surface area (Å²) in [5.74, 6) is 0. The maximum atomic E-state index is 11.8. The molecule has 5 nitrogen and oxygen atoms in total. The number of nitrogens with zero attached hydrogens (tertiary/aromatic N) is 2. The number of hydrogen-bond donors (Lipinski definition) is 1. The number of rotatable bonds is 5. The summed E-state index contributed by atoms with van der Waals surface area (Å²) in [6, 6.07) is 0. The van der Waals surface area contributed by atoms with E-state index in [1.165, 1.54) is 0 Å². The van der Waals surface area contributed by atoms with Crippen molar-refractivity contribution < 1.29 is 22.7 Å². The first kappa shape index (κ1) is 16.0. The van der Waals surface area contributed by atoms with Crippen LogP contribution in [-0.2, 0) is 4.74 Å². The molecule has 0 atom stereocenters. The zero-order valence-corrected chi connectivity index (χ0v) is 11.0. The number of ether oxygens (including phenoxy) is 1. The Labute approximate surface area is 110 Å². The number of hydrogen-bond acceptors (Lipinski definition) is 4. The van der Waals surface area contributed by atoms with E-state index in [-0.39, 0.29) is 0 Å². The maximum absolute atomic E-state index is 11.8. The van der Waals surface area contributed by atoms with Crippen LogP contribution in [0.3, 0.4) is 0 Å². The molecule has 1 aliphatic heterocycles. The van der Waals surface area contributed by atoms with Gasteiger partial charge in [-0.1, -0.05) is 0 Å². The van der Waals surface area contributed by atoms with Crippen molar-refractivity contribution in [2.24, 2.45) is 0 Å². The summed E-state index contributed by atoms with van der Waals surface area (Å²) in [6.45, 7) is 3.60. The first-order valence-corrected chi connectivity index (χ1v) is 6.25. The van der Waals surface area contributed by atoms with Crippen LogP contribution in [0.4, 0.5) is 18.0 Å². The van der Waals surface area contributed by atoms with Gasteiger partial charge in [-0.3, -0.25) is 0 Å². The highest BCUT2D eigenvalue weighted by Crippen LogP contribution is 2.14. The SMILES string of the molecule is CN1CCN(CCCNC(=O)OCC(F)(F)F)CC1. The van der Waals surface area contributed by atoms with Crippen LogP contribution in [0.15, 0.2) is 0 Å². The molecule has 112 valence electrons. The fourth-order valence-corrected chi connectivity index (χ4v) is 1.76. The second-order valence-corrected chi connectivity index (χ2v) is 4.62. The topological polar surface area (TPSA) is 44.8 Å². The van der Waals surface area contributed by atoms with Gasteiger partial charge in [-0.2, -0.15) is 13.2 Å². The van der Waals surface area contributed by atoms with Crippen LogP contribution in [0, 0.1) is 0 Å². The molecule has 0 spiro atoms. The van der Waals surface area contributed by atoms with E-state index in [0.717, 1.165) is 32.7 Å². The molecule has 0 bridgehead atoms. The fraction of sp³-hybridized carbons (Fsp3) is 0.909. The fourth-order valence-electron chi connectivity index (χ4n) is 1.76. The molecular weight excluding hydrogens is 263 g/mol. The lowest BCUT2D eigenvalue weighted by Gasteiger charge is -2.32. The molecule has 1 N–H and O–H groups in total. The van der Waals surface area contributed by atoms with Crippen molar-refractivity contribution in [1.29, 1.82) is 0 Å². The average molecular weight is 283 g/mol. The molecular formula is C11H20F3N3O2. The average Bonchev–Trinajstić information content (AvgIpc) is 2.33. The minimum atomic E-state index is -4.48. The summed E-state index contributed by atoms with van der Waals surface area (Å²) in [6.07, 6.45) is -4.79. The Bertz CT molecular complexity index is 279. The molecule has 1 saturated heterocycles. The number of amides is 1. The Balaban J connectivity index is 2.00. The largest absolute Gasteiger partial charge is 0.440 e. The van der Waals surface area contributed by atoms with Crippen LogP contribution in [0.1, 0.15) is 6.42 Å². The van der Waals surface area contributed by atoms with E-state index in [0.29, 0.717) is 13.0 Å². The molecule has 0 aromatic carbocycles. The highest BCUT2D eigenvalue weighted by Gasteiger charge is 2.29. The van der Waals surface area contributed by atoms with Gasteiger partial charge in [-0.05, 0) is 20.0 Å². The third-order valence-corrected chi connectivity index (χ3v) is 2.88. The molecule has 0 radical (unpaired) electrons. The highest BCUT2D eigenvalue weighted by molar-refractivity contribution is 5.67. The number of halogens is 3. The Morgan fingerprint density at radius 3 is 2.47 bits per heavy atom. The van der Waals surface area contributed by atoms with E-state index in [1.807, 2.05) is 0 Å². The van der Waals surface area contributed by atoms with Gasteiger partial charge in [0.2, 0.25) is 0 Å². The highest BCUT2D eigenvalue weighted by atomic mass is 19.4. The summed E-state index contributed by atoms with van der Waals surface area (Å²) in [7, 11) is 2.07. The van der Waals surface area contributed by atoms with Crippen LogP contribution in [0.5, 0.6) is 0 Å². The third kappa shape index (κ3) is 7.89. The zero-order valence-electron chi connectivity index (χ0n) is 11.0. The third-order valence-electron chi connectivity index (χ3n) is 2.88. The molecule has 0 aromatic heterocycles. The molecule has 8 heteroatoms. The monoisotopic (exact) mass is 283 g/mol. The molecule has 1 heterocycles. The molecule has 19 heavy (non-hydrogen) atoms. The summed E-state index contributed by atoms with van der Waals surface area (Å²) in [5, 5.41) is 2.31. The standard InChI is InChI=1S/C11H20F3N3O2/c1-16-5-7-17(8-6-16)4-2-3-15-10(18)19-9-11(12,13)14/h2-9H2,1H3,(H,15,18). The summed E-state index contributed by atoms with van der Waals surface area (Å²) < 4.78 is 39.3. The van der Waals surface area contributed by atoms with E-state index in [9.17, 15) is 18.0 Å². The predicted molar refractivity (Wildman–Crippen MR) is 64.0 cm³/mol. The summed E-state index contributed by atoms with van der Waals surface area (Å²) in [5.41, 5.74) is 0. The minimum Gasteiger partial charge on any atom is -0.440 e. The maximum Gasteiger partial charge on any atom is 0.422 e. The first-order valence-electron chi connectivity index (χ1n) is 6.25. The van der Waals surface area contributed by atoms with Gasteiger partial charge in [0, 0.05) is 32.7 Å². The van der Waals surface area contributed by atoms with Crippen molar-refractivity contribution in [2.45, 2.75) is 12.6 Å². The number of carbonyl (C=O) groups is 1. The van der Waals surface area contributed by atoms with Gasteiger partial charge in [0.05, 0.1) is 0 Å². The lowest BCUT2D eigenvalue weighted by molar-refractivity contribution is -0.160. The van der Waals surface area contributed by atoms with Crippen LogP contribution < -0.4 is 5.32 Å². The second-order valence-electron chi connectivity index (χ2n) is 4.62. The number of alkyl halides is 3. The van der Waals surface area contributed by atoms with Crippen molar-refractivity contribution >= 4 is 6.09 Å². The normalized spacial score (nSPS) is 18.3. The van der Waals surface area contributed by atoms with Gasteiger partial charge in [-0.25, -0.2) is 4.79 Å². The first-order chi connectivity index (χ1) is 8.87. The lowest BCUT2D eigenvalue weighted by atomic mass is 10.3. The van der Waals surface area contributed by atoms with Crippen molar-refractivity contribution in [3.8, 4) is 0 Å². The van der Waals surface area contributed by atoms with Gasteiger partial charge in [0.15, 0.2) is 6.61 Å². The second kappa shape index (κ2) is 7.54. The molecule has 1 aliphatic rings. The Morgan fingerprint density at radius 2 is 1.89 bits per heavy atom. The summed E-state index contributed by atoms with van der Waals surface area (Å²) >= 11 is 0. The number of likely N-dealkylation sites (N-methyl/N-ethyl adjacent to an activating group) is 1. The van der Waals surface area contributed by atoms with Gasteiger partial charge < -0.3 is 19.9 Å². The van der Waals surface area contributed by atoms with E-state index in [2.05, 4.69) is 26.9 Å². The number of nitrogens with one attached hydrogen (secondary N) is 1. The quantitative estimate of drug-likeness (QED) is 0.762. The molecule has 1 fully saturated rings. The van der Waals surface area contributed by atoms with E-state index in [4.69, 9.17) is 0 Å². The molecule has 0 saturated carbocycles. The lowest BCUT2D eigenvalue weighted by Crippen LogP contribution is -2.45. The van der Waals surface area contributed by atoms with Gasteiger partial charge in [0.25, 0.3) is 0 Å². The number of piperazine rings is 1. The number of alkyl carbamates (subject to hydrolysis) is 1. The van der Waals surface area contributed by atoms with Gasteiger partial charge >= 0.3 is 12.3 Å². The van der Waals surface area contributed by atoms with Crippen molar-refractivity contribution in [2.75, 3.05) is 52.9 Å². The van der Waals surface area contributed by atoms with Crippen molar-refractivity contribution in [3.05, 3.63) is 0 Å². The van der Waals surface area contributed by atoms with Crippen LogP contribution in [0.25, 0.3) is 0 Å². The molecule has 0 aromatic rings. The van der Waals surface area contributed by atoms with Crippen molar-refractivity contribution in [1.82, 2.24) is 15.1 Å². The predicted octanol–water partition coefficient (Wildman–Crippen LogP) is 0.912. The molecule has 0 aliphatic carbocycles. The molecule has 1 rings (SSSR count). The van der Waals surface area contributed by atoms with E-state index < -0.39 is 18.9 Å². The van der Waals surface area contributed by atoms with Crippen molar-refractivity contribution in [3.63, 3.8) is 0 Å². The van der Waals surface area contributed by atoms with Crippen LogP contribution >= 0.6 is 0 Å². The van der Waals surface area contributed by atoms with Crippen LogP contribution in [-0.4, -0.2) is 75.0 Å². The van der Waals surface area contributed by atoms with Gasteiger partial charge in [-0.15, -0.1) is 0 Å². The Morgan fingerprint density at radius 1 is 1.26 bits per heavy atom. The summed E-state index contributed by atoms with van der Waals surface area (Å²) in [4.78, 5) is 15.4. The molecule has 1 amide bonds.